The lowest BCUT2D eigenvalue weighted by atomic mass is 9.78. The molecule has 0 aromatic heterocycles. The Balaban J connectivity index is 2.39. The first-order chi connectivity index (χ1) is 12.8. The second-order valence-corrected chi connectivity index (χ2v) is 9.77. The molecule has 5 heteroatoms. The molecule has 0 aliphatic carbocycles. The quantitative estimate of drug-likeness (QED) is 0.694. The molecule has 0 bridgehead atoms. The number of allylic oxidation sites excluding steroid dienone is 1. The average molecular weight is 387 g/mol. The molecule has 1 heterocycles. The van der Waals surface area contributed by atoms with Gasteiger partial charge in [0.1, 0.15) is 5.75 Å². The molecular weight excluding hydrogens is 352 g/mol. The Morgan fingerprint density at radius 1 is 1.14 bits per heavy atom. The Labute approximate surface area is 168 Å². The number of carbonyl (C=O) groups is 2. The molecule has 1 aromatic rings. The van der Waals surface area contributed by atoms with Gasteiger partial charge in [0.25, 0.3) is 0 Å². The molecule has 5 nitrogen and oxygen atoms in total. The van der Waals surface area contributed by atoms with Gasteiger partial charge in [-0.05, 0) is 47.4 Å². The van der Waals surface area contributed by atoms with Gasteiger partial charge in [0.05, 0.1) is 6.04 Å². The number of aromatic hydroxyl groups is 1. The third-order valence-corrected chi connectivity index (χ3v) is 5.28. The van der Waals surface area contributed by atoms with Gasteiger partial charge in [0.15, 0.2) is 5.78 Å². The first-order valence-corrected chi connectivity index (χ1v) is 9.95. The van der Waals surface area contributed by atoms with Crippen LogP contribution in [0.15, 0.2) is 18.2 Å². The molecule has 1 aliphatic heterocycles. The standard InChI is InChI=1S/C23H34N2O3/c1-22(2,3)16-12-14(13-17(20(16)27)23(4,5)6)9-10-18(26)15-8-7-11-25-21(28)19(15)24/h9-10,12-13,15,19,27H,7-8,11,24H2,1-6H3,(H,25,28). The summed E-state index contributed by atoms with van der Waals surface area (Å²) >= 11 is 0. The van der Waals surface area contributed by atoms with Crippen LogP contribution in [0.3, 0.4) is 0 Å². The van der Waals surface area contributed by atoms with E-state index in [1.165, 1.54) is 6.08 Å². The molecule has 154 valence electrons. The summed E-state index contributed by atoms with van der Waals surface area (Å²) in [6.45, 7) is 12.9. The van der Waals surface area contributed by atoms with E-state index in [2.05, 4.69) is 46.9 Å². The van der Waals surface area contributed by atoms with Crippen molar-refractivity contribution in [2.75, 3.05) is 6.54 Å². The van der Waals surface area contributed by atoms with Crippen molar-refractivity contribution < 1.29 is 14.7 Å². The van der Waals surface area contributed by atoms with E-state index < -0.39 is 12.0 Å². The highest BCUT2D eigenvalue weighted by molar-refractivity contribution is 5.99. The molecule has 2 unspecified atom stereocenters. The summed E-state index contributed by atoms with van der Waals surface area (Å²) in [5.41, 5.74) is 8.05. The molecule has 2 rings (SSSR count). The van der Waals surface area contributed by atoms with Gasteiger partial charge in [-0.1, -0.05) is 47.6 Å². The highest BCUT2D eigenvalue weighted by atomic mass is 16.3. The van der Waals surface area contributed by atoms with Crippen LogP contribution in [-0.2, 0) is 20.4 Å². The minimum absolute atomic E-state index is 0.132. The lowest BCUT2D eigenvalue weighted by Crippen LogP contribution is -2.45. The van der Waals surface area contributed by atoms with Crippen molar-refractivity contribution >= 4 is 17.8 Å². The van der Waals surface area contributed by atoms with E-state index >= 15 is 0 Å². The fourth-order valence-electron chi connectivity index (χ4n) is 3.53. The van der Waals surface area contributed by atoms with Crippen LogP contribution >= 0.6 is 0 Å². The number of ketones is 1. The number of carbonyl (C=O) groups excluding carboxylic acids is 2. The second kappa shape index (κ2) is 8.08. The molecular formula is C23H34N2O3. The number of nitrogens with one attached hydrogen (secondary N) is 1. The average Bonchev–Trinajstić information content (AvgIpc) is 2.73. The summed E-state index contributed by atoms with van der Waals surface area (Å²) in [5.74, 6) is -0.586. The number of amides is 1. The van der Waals surface area contributed by atoms with Crippen LogP contribution in [-0.4, -0.2) is 29.4 Å². The second-order valence-electron chi connectivity index (χ2n) is 9.77. The normalized spacial score (nSPS) is 21.5. The van der Waals surface area contributed by atoms with Crippen LogP contribution < -0.4 is 11.1 Å². The molecule has 0 saturated carbocycles. The maximum atomic E-state index is 12.7. The third-order valence-electron chi connectivity index (χ3n) is 5.28. The molecule has 1 aliphatic rings. The van der Waals surface area contributed by atoms with Gasteiger partial charge < -0.3 is 16.2 Å². The van der Waals surface area contributed by atoms with Crippen molar-refractivity contribution in [3.8, 4) is 5.75 Å². The Kier molecular flexibility index (Phi) is 6.39. The Morgan fingerprint density at radius 2 is 1.68 bits per heavy atom. The van der Waals surface area contributed by atoms with Crippen LogP contribution in [0, 0.1) is 5.92 Å². The van der Waals surface area contributed by atoms with Crippen molar-refractivity contribution in [1.29, 1.82) is 0 Å². The topological polar surface area (TPSA) is 92.4 Å². The molecule has 1 aromatic carbocycles. The summed E-state index contributed by atoms with van der Waals surface area (Å²) in [6.07, 6.45) is 4.63. The van der Waals surface area contributed by atoms with E-state index in [4.69, 9.17) is 5.73 Å². The summed E-state index contributed by atoms with van der Waals surface area (Å²) in [6, 6.07) is 3.04. The zero-order valence-corrected chi connectivity index (χ0v) is 17.9. The smallest absolute Gasteiger partial charge is 0.237 e. The Morgan fingerprint density at radius 3 is 2.18 bits per heavy atom. The van der Waals surface area contributed by atoms with Gasteiger partial charge >= 0.3 is 0 Å². The first kappa shape index (κ1) is 22.2. The first-order valence-electron chi connectivity index (χ1n) is 9.95. The van der Waals surface area contributed by atoms with Crippen LogP contribution in [0.5, 0.6) is 5.75 Å². The maximum absolute atomic E-state index is 12.7. The minimum atomic E-state index is -0.810. The zero-order chi connectivity index (χ0) is 21.3. The van der Waals surface area contributed by atoms with E-state index in [1.807, 2.05) is 12.1 Å². The Bertz CT molecular complexity index is 747. The number of benzene rings is 1. The molecule has 28 heavy (non-hydrogen) atoms. The predicted molar refractivity (Wildman–Crippen MR) is 113 cm³/mol. The zero-order valence-electron chi connectivity index (χ0n) is 17.9. The van der Waals surface area contributed by atoms with E-state index in [-0.39, 0.29) is 22.5 Å². The fourth-order valence-corrected chi connectivity index (χ4v) is 3.53. The summed E-state index contributed by atoms with van der Waals surface area (Å²) in [5, 5.41) is 13.5. The molecule has 1 amide bonds. The van der Waals surface area contributed by atoms with Crippen molar-refractivity contribution in [2.24, 2.45) is 11.7 Å². The highest BCUT2D eigenvalue weighted by Crippen LogP contribution is 2.40. The molecule has 4 N–H and O–H groups in total. The van der Waals surface area contributed by atoms with E-state index in [9.17, 15) is 14.7 Å². The van der Waals surface area contributed by atoms with Gasteiger partial charge in [0, 0.05) is 23.6 Å². The maximum Gasteiger partial charge on any atom is 0.237 e. The van der Waals surface area contributed by atoms with Crippen molar-refractivity contribution in [3.63, 3.8) is 0 Å². The van der Waals surface area contributed by atoms with Gasteiger partial charge in [0.2, 0.25) is 5.91 Å². The van der Waals surface area contributed by atoms with Gasteiger partial charge in [-0.3, -0.25) is 9.59 Å². The monoisotopic (exact) mass is 386 g/mol. The molecule has 1 saturated heterocycles. The van der Waals surface area contributed by atoms with Crippen molar-refractivity contribution in [2.45, 2.75) is 71.3 Å². The summed E-state index contributed by atoms with van der Waals surface area (Å²) < 4.78 is 0. The highest BCUT2D eigenvalue weighted by Gasteiger charge is 2.31. The van der Waals surface area contributed by atoms with Crippen molar-refractivity contribution in [1.82, 2.24) is 5.32 Å². The Hall–Kier alpha value is -2.14. The van der Waals surface area contributed by atoms with Crippen LogP contribution in [0.25, 0.3) is 6.08 Å². The lowest BCUT2D eigenvalue weighted by Gasteiger charge is -2.28. The number of hydrogen-bond acceptors (Lipinski definition) is 4. The van der Waals surface area contributed by atoms with Gasteiger partial charge in [-0.15, -0.1) is 0 Å². The van der Waals surface area contributed by atoms with Gasteiger partial charge in [-0.25, -0.2) is 0 Å². The number of hydrogen-bond donors (Lipinski definition) is 3. The predicted octanol–water partition coefficient (Wildman–Crippen LogP) is 3.42. The van der Waals surface area contributed by atoms with Crippen molar-refractivity contribution in [3.05, 3.63) is 34.9 Å². The van der Waals surface area contributed by atoms with Crippen LogP contribution in [0.4, 0.5) is 0 Å². The summed E-state index contributed by atoms with van der Waals surface area (Å²) in [7, 11) is 0. The number of rotatable bonds is 3. The van der Waals surface area contributed by atoms with E-state index in [1.54, 1.807) is 6.08 Å². The van der Waals surface area contributed by atoms with Crippen LogP contribution in [0.1, 0.15) is 71.1 Å². The number of nitrogens with two attached hydrogens (primary N) is 1. The summed E-state index contributed by atoms with van der Waals surface area (Å²) in [4.78, 5) is 24.6. The van der Waals surface area contributed by atoms with E-state index in [0.29, 0.717) is 18.7 Å². The number of phenols is 1. The van der Waals surface area contributed by atoms with Gasteiger partial charge in [-0.2, -0.15) is 0 Å². The lowest BCUT2D eigenvalue weighted by molar-refractivity contribution is -0.127. The minimum Gasteiger partial charge on any atom is -0.507 e. The third kappa shape index (κ3) is 5.02. The number of phenolic OH excluding ortho intramolecular Hbond substituents is 1. The fraction of sp³-hybridized carbons (Fsp3) is 0.565. The SMILES string of the molecule is CC(C)(C)c1cc(C=CC(=O)C2CCCNC(=O)C2N)cc(C(C)(C)C)c1O. The molecule has 1 fully saturated rings. The molecule has 0 radical (unpaired) electrons. The largest absolute Gasteiger partial charge is 0.507 e. The molecule has 2 atom stereocenters. The van der Waals surface area contributed by atoms with Crippen LogP contribution in [0.2, 0.25) is 0 Å². The molecule has 0 spiro atoms. The van der Waals surface area contributed by atoms with E-state index in [0.717, 1.165) is 23.1 Å².